The number of carbonyl (C=O) groups is 1. The fourth-order valence-corrected chi connectivity index (χ4v) is 1.96. The van der Waals surface area contributed by atoms with Crippen LogP contribution in [-0.4, -0.2) is 25.0 Å². The first-order chi connectivity index (χ1) is 8.76. The Hall–Kier alpha value is -2.37. The Morgan fingerprint density at radius 3 is 2.67 bits per heavy atom. The van der Waals surface area contributed by atoms with Gasteiger partial charge in [0.15, 0.2) is 0 Å². The zero-order chi connectivity index (χ0) is 13.0. The number of benzene rings is 1. The molecule has 5 heteroatoms. The topological polar surface area (TPSA) is 79.9 Å². The molecule has 1 unspecified atom stereocenters. The quantitative estimate of drug-likeness (QED) is 0.828. The van der Waals surface area contributed by atoms with Crippen LogP contribution in [0.1, 0.15) is 12.0 Å². The Morgan fingerprint density at radius 1 is 1.33 bits per heavy atom. The molecule has 0 spiro atoms. The average molecular weight is 240 g/mol. The van der Waals surface area contributed by atoms with Gasteiger partial charge in [-0.2, -0.15) is 10.5 Å². The highest BCUT2D eigenvalue weighted by Gasteiger charge is 2.28. The fourth-order valence-electron chi connectivity index (χ4n) is 1.96. The summed E-state index contributed by atoms with van der Waals surface area (Å²) in [7, 11) is 0. The van der Waals surface area contributed by atoms with Gasteiger partial charge in [-0.25, -0.2) is 0 Å². The first kappa shape index (κ1) is 12.1. The zero-order valence-corrected chi connectivity index (χ0v) is 9.76. The van der Waals surface area contributed by atoms with Crippen molar-refractivity contribution in [1.82, 2.24) is 5.32 Å². The number of carbonyl (C=O) groups excluding carboxylic acids is 1. The highest BCUT2D eigenvalue weighted by Crippen LogP contribution is 2.18. The van der Waals surface area contributed by atoms with Crippen molar-refractivity contribution in [3.63, 3.8) is 0 Å². The second-order valence-corrected chi connectivity index (χ2v) is 4.02. The number of hydrogen-bond donors (Lipinski definition) is 1. The molecular formula is C13H12N4O. The van der Waals surface area contributed by atoms with Crippen molar-refractivity contribution in [2.75, 3.05) is 18.0 Å². The normalized spacial score (nSPS) is 19.1. The van der Waals surface area contributed by atoms with Gasteiger partial charge in [-0.3, -0.25) is 4.79 Å². The molecule has 0 aromatic heterocycles. The predicted octanol–water partition coefficient (Wildman–Crippen LogP) is 0.777. The predicted molar refractivity (Wildman–Crippen MR) is 65.5 cm³/mol. The molecule has 1 heterocycles. The van der Waals surface area contributed by atoms with Gasteiger partial charge in [0.1, 0.15) is 6.04 Å². The molecule has 1 fully saturated rings. The number of amides is 1. The Labute approximate surface area is 105 Å². The van der Waals surface area contributed by atoms with Gasteiger partial charge in [-0.05, 0) is 24.3 Å². The summed E-state index contributed by atoms with van der Waals surface area (Å²) in [5.41, 5.74) is 1.33. The summed E-state index contributed by atoms with van der Waals surface area (Å²) >= 11 is 0. The SMILES string of the molecule is N#CCC1NCCN(c2ccc(C#N)cc2)C1=O. The van der Waals surface area contributed by atoms with Crippen LogP contribution in [0.15, 0.2) is 24.3 Å². The molecule has 1 aromatic carbocycles. The monoisotopic (exact) mass is 240 g/mol. The molecule has 0 aliphatic carbocycles. The molecule has 1 N–H and O–H groups in total. The van der Waals surface area contributed by atoms with Crippen LogP contribution >= 0.6 is 0 Å². The summed E-state index contributed by atoms with van der Waals surface area (Å²) in [6.07, 6.45) is 0.172. The lowest BCUT2D eigenvalue weighted by Crippen LogP contribution is -2.55. The highest BCUT2D eigenvalue weighted by atomic mass is 16.2. The number of anilines is 1. The van der Waals surface area contributed by atoms with Gasteiger partial charge in [0.2, 0.25) is 5.91 Å². The molecule has 1 aliphatic heterocycles. The van der Waals surface area contributed by atoms with Crippen LogP contribution in [0.4, 0.5) is 5.69 Å². The van der Waals surface area contributed by atoms with Crippen molar-refractivity contribution in [2.24, 2.45) is 0 Å². The molecule has 1 aromatic rings. The van der Waals surface area contributed by atoms with E-state index in [0.717, 1.165) is 5.69 Å². The minimum atomic E-state index is -0.431. The first-order valence-corrected chi connectivity index (χ1v) is 5.68. The van der Waals surface area contributed by atoms with E-state index in [4.69, 9.17) is 10.5 Å². The Morgan fingerprint density at radius 2 is 2.06 bits per heavy atom. The van der Waals surface area contributed by atoms with E-state index < -0.39 is 6.04 Å². The van der Waals surface area contributed by atoms with E-state index in [1.807, 2.05) is 12.1 Å². The van der Waals surface area contributed by atoms with Gasteiger partial charge in [-0.15, -0.1) is 0 Å². The Kier molecular flexibility index (Phi) is 3.57. The summed E-state index contributed by atoms with van der Waals surface area (Å²) in [5, 5.41) is 20.4. The van der Waals surface area contributed by atoms with Crippen molar-refractivity contribution in [3.05, 3.63) is 29.8 Å². The van der Waals surface area contributed by atoms with E-state index in [0.29, 0.717) is 18.7 Å². The molecule has 1 saturated heterocycles. The van der Waals surface area contributed by atoms with E-state index >= 15 is 0 Å². The number of hydrogen-bond acceptors (Lipinski definition) is 4. The van der Waals surface area contributed by atoms with E-state index in [1.54, 1.807) is 29.2 Å². The summed E-state index contributed by atoms with van der Waals surface area (Å²) in [6.45, 7) is 1.24. The summed E-state index contributed by atoms with van der Waals surface area (Å²) < 4.78 is 0. The lowest BCUT2D eigenvalue weighted by atomic mass is 10.1. The maximum atomic E-state index is 12.1. The minimum absolute atomic E-state index is 0.0903. The molecule has 1 atom stereocenters. The fraction of sp³-hybridized carbons (Fsp3) is 0.308. The second kappa shape index (κ2) is 5.31. The van der Waals surface area contributed by atoms with Crippen LogP contribution in [0.5, 0.6) is 0 Å². The van der Waals surface area contributed by atoms with Crippen molar-refractivity contribution in [2.45, 2.75) is 12.5 Å². The molecular weight excluding hydrogens is 228 g/mol. The Balaban J connectivity index is 2.19. The van der Waals surface area contributed by atoms with Gasteiger partial charge in [0.25, 0.3) is 0 Å². The molecule has 1 aliphatic rings. The number of piperazine rings is 1. The third-order valence-corrected chi connectivity index (χ3v) is 2.89. The molecule has 0 saturated carbocycles. The van der Waals surface area contributed by atoms with Gasteiger partial charge in [0, 0.05) is 18.8 Å². The lowest BCUT2D eigenvalue weighted by Gasteiger charge is -2.32. The van der Waals surface area contributed by atoms with Crippen LogP contribution in [0, 0.1) is 22.7 Å². The van der Waals surface area contributed by atoms with Gasteiger partial charge < -0.3 is 10.2 Å². The van der Waals surface area contributed by atoms with E-state index in [2.05, 4.69) is 5.32 Å². The van der Waals surface area contributed by atoms with E-state index in [1.165, 1.54) is 0 Å². The second-order valence-electron chi connectivity index (χ2n) is 4.02. The molecule has 0 radical (unpaired) electrons. The van der Waals surface area contributed by atoms with Crippen LogP contribution in [0.2, 0.25) is 0 Å². The van der Waals surface area contributed by atoms with E-state index in [-0.39, 0.29) is 12.3 Å². The summed E-state index contributed by atoms with van der Waals surface area (Å²) in [4.78, 5) is 13.8. The van der Waals surface area contributed by atoms with Crippen molar-refractivity contribution < 1.29 is 4.79 Å². The van der Waals surface area contributed by atoms with Crippen LogP contribution in [0.25, 0.3) is 0 Å². The molecule has 90 valence electrons. The van der Waals surface area contributed by atoms with Crippen LogP contribution < -0.4 is 10.2 Å². The van der Waals surface area contributed by atoms with Gasteiger partial charge in [-0.1, -0.05) is 0 Å². The Bertz CT molecular complexity index is 523. The lowest BCUT2D eigenvalue weighted by molar-refractivity contribution is -0.121. The molecule has 18 heavy (non-hydrogen) atoms. The molecule has 1 amide bonds. The van der Waals surface area contributed by atoms with Gasteiger partial charge >= 0.3 is 0 Å². The largest absolute Gasteiger partial charge is 0.310 e. The smallest absolute Gasteiger partial charge is 0.245 e. The number of nitriles is 2. The third kappa shape index (κ3) is 2.32. The first-order valence-electron chi connectivity index (χ1n) is 5.68. The standard InChI is InChI=1S/C13H12N4O/c14-6-5-12-13(18)17(8-7-16-12)11-3-1-10(9-15)2-4-11/h1-4,12,16H,5,7-8H2. The molecule has 5 nitrogen and oxygen atoms in total. The molecule has 0 bridgehead atoms. The summed E-state index contributed by atoms with van der Waals surface area (Å²) in [6, 6.07) is 10.5. The highest BCUT2D eigenvalue weighted by molar-refractivity contribution is 5.98. The summed E-state index contributed by atoms with van der Waals surface area (Å²) in [5.74, 6) is -0.0903. The minimum Gasteiger partial charge on any atom is -0.310 e. The number of nitrogens with one attached hydrogen (secondary N) is 1. The third-order valence-electron chi connectivity index (χ3n) is 2.89. The van der Waals surface area contributed by atoms with Crippen LogP contribution in [-0.2, 0) is 4.79 Å². The van der Waals surface area contributed by atoms with E-state index in [9.17, 15) is 4.79 Å². The average Bonchev–Trinajstić information content (AvgIpc) is 2.42. The number of rotatable bonds is 2. The maximum absolute atomic E-state index is 12.1. The van der Waals surface area contributed by atoms with Crippen molar-refractivity contribution in [3.8, 4) is 12.1 Å². The zero-order valence-electron chi connectivity index (χ0n) is 9.76. The number of nitrogens with zero attached hydrogens (tertiary/aromatic N) is 3. The van der Waals surface area contributed by atoms with Crippen molar-refractivity contribution in [1.29, 1.82) is 10.5 Å². The van der Waals surface area contributed by atoms with Gasteiger partial charge in [0.05, 0.1) is 24.1 Å². The maximum Gasteiger partial charge on any atom is 0.245 e. The van der Waals surface area contributed by atoms with Crippen LogP contribution in [0.3, 0.4) is 0 Å². The van der Waals surface area contributed by atoms with Crippen molar-refractivity contribution >= 4 is 11.6 Å². The molecule has 2 rings (SSSR count).